The Morgan fingerprint density at radius 1 is 1.13 bits per heavy atom. The smallest absolute Gasteiger partial charge is 0.414 e. The number of carbonyl (C=O) groups is 3. The van der Waals surface area contributed by atoms with Gasteiger partial charge in [0.25, 0.3) is 0 Å². The largest absolute Gasteiger partial charge is 0.473 e. The summed E-state index contributed by atoms with van der Waals surface area (Å²) in [5, 5.41) is 15.2. The molecule has 1 heterocycles. The predicted molar refractivity (Wildman–Crippen MR) is 113 cm³/mol. The quantitative estimate of drug-likeness (QED) is 0.685. The number of carboxylic acids is 2. The summed E-state index contributed by atoms with van der Waals surface area (Å²) in [7, 11) is 3.63. The second kappa shape index (κ2) is 10.7. The van der Waals surface area contributed by atoms with Crippen molar-refractivity contribution in [2.75, 3.05) is 32.1 Å². The van der Waals surface area contributed by atoms with Gasteiger partial charge in [0.15, 0.2) is 0 Å². The van der Waals surface area contributed by atoms with Gasteiger partial charge in [-0.2, -0.15) is 0 Å². The number of hydrogen-bond acceptors (Lipinski definition) is 5. The Morgan fingerprint density at radius 3 is 2.26 bits per heavy atom. The van der Waals surface area contributed by atoms with Crippen LogP contribution in [0.1, 0.15) is 6.42 Å². The lowest BCUT2D eigenvalue weighted by molar-refractivity contribution is -0.159. The Labute approximate surface area is 183 Å². The molecule has 2 aromatic rings. The lowest BCUT2D eigenvalue weighted by Gasteiger charge is -2.23. The van der Waals surface area contributed by atoms with E-state index in [2.05, 4.69) is 4.90 Å². The molecule has 0 radical (unpaired) electrons. The average Bonchev–Trinajstić information content (AvgIpc) is 3.12. The van der Waals surface area contributed by atoms with Crippen LogP contribution in [0.15, 0.2) is 42.5 Å². The molecular weight excluding hydrogens is 431 g/mol. The number of hydrogen-bond donors (Lipinski definition) is 2. The van der Waals surface area contributed by atoms with Crippen molar-refractivity contribution in [3.63, 3.8) is 0 Å². The molecule has 3 rings (SSSR count). The third-order valence-corrected chi connectivity index (χ3v) is 4.85. The SMILES string of the molecule is CN1CC[C@@H](OC(=O)N(C)c2c(Cl)cccc2-c2ccc(F)cc2)C1.O=C(O)C(=O)O. The number of nitrogens with zero attached hydrogens (tertiary/aromatic N) is 2. The van der Waals surface area contributed by atoms with E-state index in [4.69, 9.17) is 36.1 Å². The Kier molecular flexibility index (Phi) is 8.35. The third kappa shape index (κ3) is 6.66. The van der Waals surface area contributed by atoms with Crippen LogP contribution >= 0.6 is 11.6 Å². The molecule has 1 atom stereocenters. The minimum absolute atomic E-state index is 0.114. The maximum absolute atomic E-state index is 13.2. The molecule has 1 saturated heterocycles. The number of likely N-dealkylation sites (N-methyl/N-ethyl adjacent to an activating group) is 1. The van der Waals surface area contributed by atoms with E-state index in [0.717, 1.165) is 30.6 Å². The highest BCUT2D eigenvalue weighted by molar-refractivity contribution is 6.34. The molecule has 0 saturated carbocycles. The van der Waals surface area contributed by atoms with Gasteiger partial charge < -0.3 is 19.8 Å². The standard InChI is InChI=1S/C19H20ClFN2O2.C2H2O4/c1-22-11-10-15(12-22)25-19(24)23(2)18-16(4-3-5-17(18)20)13-6-8-14(21)9-7-13;3-1(4)2(5)6/h3-9,15H,10-12H2,1-2H3;(H,3,4)(H,5,6)/t15-;/m1./s1. The summed E-state index contributed by atoms with van der Waals surface area (Å²) in [4.78, 5) is 34.3. The number of likely N-dealkylation sites (tertiary alicyclic amines) is 1. The minimum Gasteiger partial charge on any atom is -0.473 e. The van der Waals surface area contributed by atoms with E-state index in [9.17, 15) is 9.18 Å². The van der Waals surface area contributed by atoms with Crippen LogP contribution in [-0.2, 0) is 14.3 Å². The molecule has 0 aliphatic carbocycles. The molecule has 0 aromatic heterocycles. The highest BCUT2D eigenvalue weighted by atomic mass is 35.5. The van der Waals surface area contributed by atoms with Crippen LogP contribution in [0.25, 0.3) is 11.1 Å². The van der Waals surface area contributed by atoms with Crippen molar-refractivity contribution >= 4 is 35.3 Å². The van der Waals surface area contributed by atoms with Crippen LogP contribution in [0.3, 0.4) is 0 Å². The lowest BCUT2D eigenvalue weighted by atomic mass is 10.0. The summed E-state index contributed by atoms with van der Waals surface area (Å²) >= 11 is 6.36. The van der Waals surface area contributed by atoms with Crippen molar-refractivity contribution in [1.29, 1.82) is 0 Å². The second-order valence-electron chi connectivity index (χ2n) is 6.87. The first kappa shape index (κ1) is 24.1. The van der Waals surface area contributed by atoms with Gasteiger partial charge in [0.05, 0.1) is 10.7 Å². The van der Waals surface area contributed by atoms with Gasteiger partial charge >= 0.3 is 18.0 Å². The lowest BCUT2D eigenvalue weighted by Crippen LogP contribution is -2.32. The van der Waals surface area contributed by atoms with Gasteiger partial charge in [-0.25, -0.2) is 18.8 Å². The van der Waals surface area contributed by atoms with Gasteiger partial charge in [0, 0.05) is 25.7 Å². The van der Waals surface area contributed by atoms with Crippen LogP contribution in [0, 0.1) is 5.82 Å². The van der Waals surface area contributed by atoms with E-state index in [0.29, 0.717) is 10.7 Å². The zero-order valence-corrected chi connectivity index (χ0v) is 17.7. The van der Waals surface area contributed by atoms with Crippen molar-refractivity contribution < 1.29 is 33.7 Å². The van der Waals surface area contributed by atoms with Gasteiger partial charge in [-0.3, -0.25) is 4.90 Å². The molecule has 1 aliphatic rings. The van der Waals surface area contributed by atoms with Crippen molar-refractivity contribution in [2.45, 2.75) is 12.5 Å². The van der Waals surface area contributed by atoms with Crippen molar-refractivity contribution in [1.82, 2.24) is 4.90 Å². The van der Waals surface area contributed by atoms with Crippen molar-refractivity contribution in [3.05, 3.63) is 53.3 Å². The molecule has 0 bridgehead atoms. The zero-order chi connectivity index (χ0) is 23.1. The summed E-state index contributed by atoms with van der Waals surface area (Å²) < 4.78 is 18.8. The van der Waals surface area contributed by atoms with Crippen molar-refractivity contribution in [3.8, 4) is 11.1 Å². The number of amides is 1. The molecule has 10 heteroatoms. The Morgan fingerprint density at radius 2 is 1.74 bits per heavy atom. The van der Waals surface area contributed by atoms with E-state index in [1.165, 1.54) is 17.0 Å². The van der Waals surface area contributed by atoms with E-state index in [-0.39, 0.29) is 11.9 Å². The van der Waals surface area contributed by atoms with Crippen LogP contribution in [0.2, 0.25) is 5.02 Å². The number of para-hydroxylation sites is 1. The number of rotatable bonds is 3. The molecule has 2 aromatic carbocycles. The minimum atomic E-state index is -1.82. The average molecular weight is 453 g/mol. The number of halogens is 2. The highest BCUT2D eigenvalue weighted by Gasteiger charge is 2.26. The molecule has 31 heavy (non-hydrogen) atoms. The first-order valence-electron chi connectivity index (χ1n) is 9.23. The van der Waals surface area contributed by atoms with E-state index >= 15 is 0 Å². The second-order valence-corrected chi connectivity index (χ2v) is 7.28. The summed E-state index contributed by atoms with van der Waals surface area (Å²) in [5.74, 6) is -3.96. The van der Waals surface area contributed by atoms with Crippen LogP contribution in [0.4, 0.5) is 14.9 Å². The fraction of sp³-hybridized carbons (Fsp3) is 0.286. The predicted octanol–water partition coefficient (Wildman–Crippen LogP) is 3.58. The van der Waals surface area contributed by atoms with Gasteiger partial charge in [-0.1, -0.05) is 35.9 Å². The van der Waals surface area contributed by atoms with Crippen LogP contribution in [-0.4, -0.2) is 66.4 Å². The Bertz CT molecular complexity index is 941. The number of benzene rings is 2. The summed E-state index contributed by atoms with van der Waals surface area (Å²) in [5.41, 5.74) is 2.07. The molecule has 8 nitrogen and oxygen atoms in total. The molecule has 1 amide bonds. The number of ether oxygens (including phenoxy) is 1. The summed E-state index contributed by atoms with van der Waals surface area (Å²) in [6.45, 7) is 1.64. The van der Waals surface area contributed by atoms with Crippen LogP contribution < -0.4 is 4.90 Å². The Hall–Kier alpha value is -3.17. The number of carboxylic acid groups (broad SMARTS) is 2. The summed E-state index contributed by atoms with van der Waals surface area (Å²) in [6.07, 6.45) is 0.261. The molecular formula is C21H22ClFN2O6. The first-order valence-corrected chi connectivity index (χ1v) is 9.61. The van der Waals surface area contributed by atoms with Gasteiger partial charge in [0.2, 0.25) is 0 Å². The topological polar surface area (TPSA) is 107 Å². The molecule has 1 aliphatic heterocycles. The van der Waals surface area contributed by atoms with E-state index in [1.807, 2.05) is 13.1 Å². The fourth-order valence-corrected chi connectivity index (χ4v) is 3.32. The summed E-state index contributed by atoms with van der Waals surface area (Å²) in [6, 6.07) is 11.5. The number of aliphatic carboxylic acids is 2. The van der Waals surface area contributed by atoms with Gasteiger partial charge in [0.1, 0.15) is 11.9 Å². The molecule has 0 spiro atoms. The maximum Gasteiger partial charge on any atom is 0.414 e. The third-order valence-electron chi connectivity index (χ3n) is 4.55. The Balaban J connectivity index is 0.000000501. The number of carbonyl (C=O) groups excluding carboxylic acids is 1. The van der Waals surface area contributed by atoms with E-state index < -0.39 is 18.0 Å². The zero-order valence-electron chi connectivity index (χ0n) is 16.9. The van der Waals surface area contributed by atoms with Gasteiger partial charge in [-0.05, 0) is 37.2 Å². The maximum atomic E-state index is 13.2. The molecule has 2 N–H and O–H groups in total. The number of anilines is 1. The van der Waals surface area contributed by atoms with E-state index in [1.54, 1.807) is 31.3 Å². The molecule has 166 valence electrons. The van der Waals surface area contributed by atoms with Crippen LogP contribution in [0.5, 0.6) is 0 Å². The fourth-order valence-electron chi connectivity index (χ4n) is 3.02. The highest BCUT2D eigenvalue weighted by Crippen LogP contribution is 2.37. The van der Waals surface area contributed by atoms with Crippen molar-refractivity contribution in [2.24, 2.45) is 0 Å². The monoisotopic (exact) mass is 452 g/mol. The van der Waals surface area contributed by atoms with Gasteiger partial charge in [-0.15, -0.1) is 0 Å². The molecule has 1 fully saturated rings. The first-order chi connectivity index (χ1) is 14.6. The molecule has 0 unspecified atom stereocenters. The normalized spacial score (nSPS) is 15.5.